The predicted molar refractivity (Wildman–Crippen MR) is 66.3 cm³/mol. The van der Waals surface area contributed by atoms with Crippen molar-refractivity contribution in [3.63, 3.8) is 0 Å². The van der Waals surface area contributed by atoms with Crippen molar-refractivity contribution in [2.24, 2.45) is 0 Å². The van der Waals surface area contributed by atoms with Gasteiger partial charge in [0.05, 0.1) is 25.4 Å². The van der Waals surface area contributed by atoms with Crippen molar-refractivity contribution in [3.05, 3.63) is 33.8 Å². The van der Waals surface area contributed by atoms with Gasteiger partial charge in [0, 0.05) is 11.0 Å². The van der Waals surface area contributed by atoms with Crippen molar-refractivity contribution < 1.29 is 9.84 Å². The maximum Gasteiger partial charge on any atom is 0.0948 e. The van der Waals surface area contributed by atoms with E-state index in [2.05, 4.69) is 46.4 Å². The summed E-state index contributed by atoms with van der Waals surface area (Å²) in [6, 6.07) is 6.32. The highest BCUT2D eigenvalue weighted by molar-refractivity contribution is 9.10. The van der Waals surface area contributed by atoms with Crippen LogP contribution in [0.5, 0.6) is 0 Å². The predicted octanol–water partition coefficient (Wildman–Crippen LogP) is 1.61. The Morgan fingerprint density at radius 3 is 2.94 bits per heavy atom. The maximum atomic E-state index is 9.58. The number of nitrogens with one attached hydrogen (secondary N) is 1. The van der Waals surface area contributed by atoms with Crippen LogP contribution in [-0.4, -0.2) is 30.5 Å². The third-order valence-electron chi connectivity index (χ3n) is 2.81. The molecule has 2 N–H and O–H groups in total. The molecule has 0 radical (unpaired) electrons. The quantitative estimate of drug-likeness (QED) is 0.887. The Balaban J connectivity index is 1.94. The molecule has 0 bridgehead atoms. The van der Waals surface area contributed by atoms with Crippen LogP contribution in [0.25, 0.3) is 0 Å². The first-order chi connectivity index (χ1) is 7.66. The van der Waals surface area contributed by atoms with Crippen LogP contribution in [0.2, 0.25) is 0 Å². The minimum atomic E-state index is -0.385. The monoisotopic (exact) mass is 285 g/mol. The molecule has 2 atom stereocenters. The Bertz CT molecular complexity index is 370. The van der Waals surface area contributed by atoms with Gasteiger partial charge in [-0.1, -0.05) is 28.1 Å². The molecule has 88 valence electrons. The maximum absolute atomic E-state index is 9.58. The van der Waals surface area contributed by atoms with Gasteiger partial charge < -0.3 is 15.2 Å². The normalized spacial score (nSPS) is 24.9. The third kappa shape index (κ3) is 2.83. The molecule has 16 heavy (non-hydrogen) atoms. The minimum Gasteiger partial charge on any atom is -0.389 e. The van der Waals surface area contributed by atoms with Crippen LogP contribution in [-0.2, 0) is 11.3 Å². The van der Waals surface area contributed by atoms with Crippen LogP contribution in [0.4, 0.5) is 0 Å². The summed E-state index contributed by atoms with van der Waals surface area (Å²) in [6.45, 7) is 3.83. The molecule has 1 fully saturated rings. The number of benzene rings is 1. The van der Waals surface area contributed by atoms with E-state index in [0.29, 0.717) is 13.2 Å². The molecule has 1 aromatic rings. The number of hydrogen-bond donors (Lipinski definition) is 2. The SMILES string of the molecule is Cc1ccc(CNC2COCC2O)c(Br)c1. The van der Waals surface area contributed by atoms with Crippen molar-refractivity contribution >= 4 is 15.9 Å². The Labute approximate surface area is 104 Å². The van der Waals surface area contributed by atoms with Crippen molar-refractivity contribution in [1.29, 1.82) is 0 Å². The lowest BCUT2D eigenvalue weighted by atomic mass is 10.1. The second-order valence-electron chi connectivity index (χ2n) is 4.19. The number of halogens is 1. The fourth-order valence-corrected chi connectivity index (χ4v) is 2.41. The molecule has 1 aliphatic heterocycles. The summed E-state index contributed by atoms with van der Waals surface area (Å²) in [7, 11) is 0. The first-order valence-electron chi connectivity index (χ1n) is 5.41. The van der Waals surface area contributed by atoms with Gasteiger partial charge in [-0.2, -0.15) is 0 Å². The van der Waals surface area contributed by atoms with Gasteiger partial charge in [0.2, 0.25) is 0 Å². The van der Waals surface area contributed by atoms with Crippen molar-refractivity contribution in [3.8, 4) is 0 Å². The molecular formula is C12H16BrNO2. The van der Waals surface area contributed by atoms with E-state index >= 15 is 0 Å². The van der Waals surface area contributed by atoms with Crippen molar-refractivity contribution in [1.82, 2.24) is 5.32 Å². The number of ether oxygens (including phenoxy) is 1. The summed E-state index contributed by atoms with van der Waals surface area (Å²) in [5.41, 5.74) is 2.43. The van der Waals surface area contributed by atoms with Gasteiger partial charge in [0.15, 0.2) is 0 Å². The molecule has 0 amide bonds. The highest BCUT2D eigenvalue weighted by Crippen LogP contribution is 2.18. The zero-order valence-corrected chi connectivity index (χ0v) is 10.8. The lowest BCUT2D eigenvalue weighted by Gasteiger charge is -2.15. The molecule has 2 rings (SSSR count). The molecule has 2 unspecified atom stereocenters. The highest BCUT2D eigenvalue weighted by Gasteiger charge is 2.25. The standard InChI is InChI=1S/C12H16BrNO2/c1-8-2-3-9(10(13)4-8)5-14-11-6-16-7-12(11)15/h2-4,11-12,14-15H,5-7H2,1H3. The molecule has 0 spiro atoms. The van der Waals surface area contributed by atoms with Gasteiger partial charge >= 0.3 is 0 Å². The lowest BCUT2D eigenvalue weighted by molar-refractivity contribution is 0.122. The molecule has 1 heterocycles. The summed E-state index contributed by atoms with van der Waals surface area (Å²) in [5, 5.41) is 12.9. The molecule has 3 nitrogen and oxygen atoms in total. The van der Waals surface area contributed by atoms with Gasteiger partial charge in [0.1, 0.15) is 0 Å². The lowest BCUT2D eigenvalue weighted by Crippen LogP contribution is -2.38. The van der Waals surface area contributed by atoms with Crippen LogP contribution < -0.4 is 5.32 Å². The zero-order valence-electron chi connectivity index (χ0n) is 9.24. The Morgan fingerprint density at radius 1 is 1.50 bits per heavy atom. The van der Waals surface area contributed by atoms with Gasteiger partial charge in [-0.3, -0.25) is 0 Å². The molecule has 0 saturated carbocycles. The van der Waals surface area contributed by atoms with Crippen LogP contribution in [0.3, 0.4) is 0 Å². The molecule has 1 aromatic carbocycles. The van der Waals surface area contributed by atoms with Crippen LogP contribution in [0.1, 0.15) is 11.1 Å². The molecule has 4 heteroatoms. The fraction of sp³-hybridized carbons (Fsp3) is 0.500. The van der Waals surface area contributed by atoms with Gasteiger partial charge in [0.25, 0.3) is 0 Å². The van der Waals surface area contributed by atoms with Crippen LogP contribution in [0.15, 0.2) is 22.7 Å². The highest BCUT2D eigenvalue weighted by atomic mass is 79.9. The Kier molecular flexibility index (Phi) is 3.97. The summed E-state index contributed by atoms with van der Waals surface area (Å²) in [6.07, 6.45) is -0.385. The first kappa shape index (κ1) is 12.0. The zero-order chi connectivity index (χ0) is 11.5. The summed E-state index contributed by atoms with van der Waals surface area (Å²) in [4.78, 5) is 0. The number of aliphatic hydroxyl groups excluding tert-OH is 1. The molecule has 0 aliphatic carbocycles. The third-order valence-corrected chi connectivity index (χ3v) is 3.55. The van der Waals surface area contributed by atoms with E-state index < -0.39 is 0 Å². The number of aryl methyl sites for hydroxylation is 1. The largest absolute Gasteiger partial charge is 0.389 e. The molecule has 1 aliphatic rings. The number of hydrogen-bond acceptors (Lipinski definition) is 3. The van der Waals surface area contributed by atoms with Crippen molar-refractivity contribution in [2.75, 3.05) is 13.2 Å². The number of rotatable bonds is 3. The number of aliphatic hydroxyl groups is 1. The van der Waals surface area contributed by atoms with E-state index in [-0.39, 0.29) is 12.1 Å². The first-order valence-corrected chi connectivity index (χ1v) is 6.20. The Morgan fingerprint density at radius 2 is 2.31 bits per heavy atom. The van der Waals surface area contributed by atoms with E-state index in [1.165, 1.54) is 11.1 Å². The average Bonchev–Trinajstić information content (AvgIpc) is 2.63. The average molecular weight is 286 g/mol. The second kappa shape index (κ2) is 5.27. The summed E-state index contributed by atoms with van der Waals surface area (Å²) in [5.74, 6) is 0. The van der Waals surface area contributed by atoms with E-state index in [0.717, 1.165) is 11.0 Å². The van der Waals surface area contributed by atoms with Gasteiger partial charge in [-0.15, -0.1) is 0 Å². The van der Waals surface area contributed by atoms with Gasteiger partial charge in [-0.25, -0.2) is 0 Å². The van der Waals surface area contributed by atoms with E-state index in [9.17, 15) is 5.11 Å². The topological polar surface area (TPSA) is 41.5 Å². The molecular weight excluding hydrogens is 270 g/mol. The van der Waals surface area contributed by atoms with E-state index in [1.807, 2.05) is 0 Å². The second-order valence-corrected chi connectivity index (χ2v) is 5.04. The minimum absolute atomic E-state index is 0.0493. The molecule has 0 aromatic heterocycles. The van der Waals surface area contributed by atoms with E-state index in [4.69, 9.17) is 4.74 Å². The van der Waals surface area contributed by atoms with E-state index in [1.54, 1.807) is 0 Å². The molecule has 1 saturated heterocycles. The summed E-state index contributed by atoms with van der Waals surface area (Å²) < 4.78 is 6.29. The van der Waals surface area contributed by atoms with Crippen molar-refractivity contribution in [2.45, 2.75) is 25.6 Å². The van der Waals surface area contributed by atoms with Crippen LogP contribution >= 0.6 is 15.9 Å². The summed E-state index contributed by atoms with van der Waals surface area (Å²) >= 11 is 3.54. The fourth-order valence-electron chi connectivity index (χ4n) is 1.77. The van der Waals surface area contributed by atoms with Gasteiger partial charge in [-0.05, 0) is 24.1 Å². The van der Waals surface area contributed by atoms with Crippen LogP contribution in [0, 0.1) is 6.92 Å². The Hall–Kier alpha value is -0.420. The smallest absolute Gasteiger partial charge is 0.0948 e.